The highest BCUT2D eigenvalue weighted by atomic mass is 16.5. The molecule has 0 N–H and O–H groups in total. The number of ether oxygens (including phenoxy) is 1. The summed E-state index contributed by atoms with van der Waals surface area (Å²) in [5, 5.41) is 11.1. The number of unbranched alkanes of at least 4 members (excludes halogenated alkanes) is 1. The Morgan fingerprint density at radius 3 is 1.90 bits per heavy atom. The summed E-state index contributed by atoms with van der Waals surface area (Å²) < 4.78 is 5.76. The molecule has 0 atom stereocenters. The first-order chi connectivity index (χ1) is 19.7. The molecular weight excluding hydrogens is 492 g/mol. The zero-order valence-corrected chi connectivity index (χ0v) is 22.9. The second kappa shape index (κ2) is 13.3. The van der Waals surface area contributed by atoms with Gasteiger partial charge in [-0.05, 0) is 85.1 Å². The molecule has 5 aromatic rings. The van der Waals surface area contributed by atoms with Crippen LogP contribution in [0.1, 0.15) is 36.5 Å². The van der Waals surface area contributed by atoms with Crippen molar-refractivity contribution in [3.63, 3.8) is 0 Å². The van der Waals surface area contributed by atoms with Gasteiger partial charge >= 0.3 is 0 Å². The Bertz CT molecular complexity index is 1630. The van der Waals surface area contributed by atoms with Crippen LogP contribution in [0.5, 0.6) is 5.75 Å². The Hall–Kier alpha value is -4.90. The first-order valence-electron chi connectivity index (χ1n) is 13.6. The number of aryl methyl sites for hydroxylation is 1. The second-order valence-electron chi connectivity index (χ2n) is 9.56. The second-order valence-corrected chi connectivity index (χ2v) is 9.56. The third-order valence-corrected chi connectivity index (χ3v) is 6.44. The number of azo groups is 1. The van der Waals surface area contributed by atoms with Crippen molar-refractivity contribution in [2.45, 2.75) is 26.7 Å². The number of rotatable bonds is 10. The summed E-state index contributed by atoms with van der Waals surface area (Å²) in [5.74, 6) is 0.885. The zero-order chi connectivity index (χ0) is 27.6. The van der Waals surface area contributed by atoms with Crippen LogP contribution in [0.3, 0.4) is 0 Å². The van der Waals surface area contributed by atoms with Crippen molar-refractivity contribution in [1.82, 2.24) is 0 Å². The van der Waals surface area contributed by atoms with E-state index in [0.29, 0.717) is 0 Å². The predicted molar refractivity (Wildman–Crippen MR) is 167 cm³/mol. The van der Waals surface area contributed by atoms with Crippen molar-refractivity contribution in [1.29, 1.82) is 0 Å². The molecule has 0 radical (unpaired) electrons. The molecule has 198 valence electrons. The molecule has 0 bridgehead atoms. The van der Waals surface area contributed by atoms with E-state index in [1.807, 2.05) is 91.3 Å². The van der Waals surface area contributed by atoms with Gasteiger partial charge in [0.25, 0.3) is 0 Å². The molecule has 5 heteroatoms. The lowest BCUT2D eigenvalue weighted by Crippen LogP contribution is -1.96. The number of hydrogen-bond donors (Lipinski definition) is 0. The standard InChI is InChI=1S/C35H32N4O/c1-3-4-23-40-31-19-13-28(14-20-31)25-37-34-21-22-35(33-8-6-5-7-32(33)34)39-38-30-17-15-29(16-18-30)36-24-27-11-9-26(2)10-12-27/h5-22,24-25H,3-4,23H2,1-2H3. The summed E-state index contributed by atoms with van der Waals surface area (Å²) in [6.07, 6.45) is 5.92. The van der Waals surface area contributed by atoms with Gasteiger partial charge in [-0.1, -0.05) is 67.4 Å². The summed E-state index contributed by atoms with van der Waals surface area (Å²) in [7, 11) is 0. The van der Waals surface area contributed by atoms with Gasteiger partial charge in [0.2, 0.25) is 0 Å². The molecule has 0 spiro atoms. The van der Waals surface area contributed by atoms with Crippen molar-refractivity contribution in [2.24, 2.45) is 20.2 Å². The average molecular weight is 525 g/mol. The van der Waals surface area contributed by atoms with Crippen LogP contribution >= 0.6 is 0 Å². The number of fused-ring (bicyclic) bond motifs is 1. The van der Waals surface area contributed by atoms with Gasteiger partial charge in [0, 0.05) is 23.2 Å². The van der Waals surface area contributed by atoms with Gasteiger partial charge < -0.3 is 4.74 Å². The smallest absolute Gasteiger partial charge is 0.119 e. The molecular formula is C35H32N4O. The van der Waals surface area contributed by atoms with Crippen LogP contribution in [-0.2, 0) is 0 Å². The Morgan fingerprint density at radius 2 is 1.20 bits per heavy atom. The van der Waals surface area contributed by atoms with Crippen molar-refractivity contribution < 1.29 is 4.74 Å². The van der Waals surface area contributed by atoms with Gasteiger partial charge in [-0.2, -0.15) is 5.11 Å². The van der Waals surface area contributed by atoms with Crippen molar-refractivity contribution in [3.8, 4) is 5.75 Å². The van der Waals surface area contributed by atoms with Crippen molar-refractivity contribution in [2.75, 3.05) is 6.61 Å². The summed E-state index contributed by atoms with van der Waals surface area (Å²) in [6.45, 7) is 4.98. The third kappa shape index (κ3) is 7.14. The maximum atomic E-state index is 5.76. The van der Waals surface area contributed by atoms with Crippen LogP contribution < -0.4 is 4.74 Å². The SMILES string of the molecule is CCCCOc1ccc(C=Nc2ccc(N=Nc3ccc(N=Cc4ccc(C)cc4)cc3)c3ccccc23)cc1. The van der Waals surface area contributed by atoms with E-state index < -0.39 is 0 Å². The Balaban J connectivity index is 1.28. The molecule has 0 aliphatic carbocycles. The van der Waals surface area contributed by atoms with Crippen LogP contribution in [0.4, 0.5) is 22.7 Å². The van der Waals surface area contributed by atoms with Gasteiger partial charge in [0.05, 0.1) is 29.4 Å². The van der Waals surface area contributed by atoms with Gasteiger partial charge in [0.15, 0.2) is 0 Å². The Kier molecular flexibility index (Phi) is 8.84. The normalized spacial score (nSPS) is 11.8. The molecule has 40 heavy (non-hydrogen) atoms. The van der Waals surface area contributed by atoms with Gasteiger partial charge in [-0.25, -0.2) is 0 Å². The highest BCUT2D eigenvalue weighted by Crippen LogP contribution is 2.34. The van der Waals surface area contributed by atoms with Crippen LogP contribution in [0.2, 0.25) is 0 Å². The fourth-order valence-corrected chi connectivity index (χ4v) is 4.11. The van der Waals surface area contributed by atoms with Crippen molar-refractivity contribution in [3.05, 3.63) is 126 Å². The maximum Gasteiger partial charge on any atom is 0.119 e. The predicted octanol–water partition coefficient (Wildman–Crippen LogP) is 10.2. The lowest BCUT2D eigenvalue weighted by Gasteiger charge is -2.06. The average Bonchev–Trinajstić information content (AvgIpc) is 3.00. The molecule has 5 rings (SSSR count). The number of aliphatic imine (C=N–C) groups is 2. The summed E-state index contributed by atoms with van der Waals surface area (Å²) in [5.41, 5.74) is 6.63. The third-order valence-electron chi connectivity index (χ3n) is 6.44. The molecule has 0 aromatic heterocycles. The fraction of sp³-hybridized carbons (Fsp3) is 0.143. The van der Waals surface area contributed by atoms with Crippen LogP contribution in [0.25, 0.3) is 10.8 Å². The molecule has 0 saturated carbocycles. The highest BCUT2D eigenvalue weighted by Gasteiger charge is 2.05. The van der Waals surface area contributed by atoms with E-state index in [1.54, 1.807) is 0 Å². The summed E-state index contributed by atoms with van der Waals surface area (Å²) >= 11 is 0. The summed E-state index contributed by atoms with van der Waals surface area (Å²) in [6, 6.07) is 36.1. The molecule has 0 amide bonds. The minimum atomic E-state index is 0.744. The fourth-order valence-electron chi connectivity index (χ4n) is 4.11. The van der Waals surface area contributed by atoms with E-state index in [9.17, 15) is 0 Å². The van der Waals surface area contributed by atoms with Crippen LogP contribution in [0.15, 0.2) is 129 Å². The van der Waals surface area contributed by atoms with E-state index in [0.717, 1.165) is 69.8 Å². The molecule has 0 unspecified atom stereocenters. The molecule has 0 fully saturated rings. The lowest BCUT2D eigenvalue weighted by atomic mass is 10.1. The van der Waals surface area contributed by atoms with E-state index in [1.165, 1.54) is 5.56 Å². The number of hydrogen-bond acceptors (Lipinski definition) is 5. The maximum absolute atomic E-state index is 5.76. The van der Waals surface area contributed by atoms with Crippen molar-refractivity contribution >= 4 is 46.0 Å². The largest absolute Gasteiger partial charge is 0.494 e. The molecule has 0 heterocycles. The Labute approximate surface area is 235 Å². The van der Waals surface area contributed by atoms with E-state index in [-0.39, 0.29) is 0 Å². The minimum absolute atomic E-state index is 0.744. The Morgan fingerprint density at radius 1 is 0.600 bits per heavy atom. The highest BCUT2D eigenvalue weighted by molar-refractivity contribution is 6.01. The molecule has 5 nitrogen and oxygen atoms in total. The topological polar surface area (TPSA) is 58.7 Å². The lowest BCUT2D eigenvalue weighted by molar-refractivity contribution is 0.309. The number of nitrogens with zero attached hydrogens (tertiary/aromatic N) is 4. The van der Waals surface area contributed by atoms with Gasteiger partial charge in [-0.3, -0.25) is 9.98 Å². The van der Waals surface area contributed by atoms with Crippen LogP contribution in [0, 0.1) is 6.92 Å². The first-order valence-corrected chi connectivity index (χ1v) is 13.6. The van der Waals surface area contributed by atoms with E-state index in [2.05, 4.69) is 59.4 Å². The monoisotopic (exact) mass is 524 g/mol. The molecule has 0 aliphatic heterocycles. The van der Waals surface area contributed by atoms with Gasteiger partial charge in [0.1, 0.15) is 5.75 Å². The van der Waals surface area contributed by atoms with E-state index in [4.69, 9.17) is 9.73 Å². The van der Waals surface area contributed by atoms with Crippen LogP contribution in [-0.4, -0.2) is 19.0 Å². The quantitative estimate of drug-likeness (QED) is 0.102. The minimum Gasteiger partial charge on any atom is -0.494 e. The zero-order valence-electron chi connectivity index (χ0n) is 22.9. The molecule has 5 aromatic carbocycles. The molecule has 0 saturated heterocycles. The van der Waals surface area contributed by atoms with E-state index >= 15 is 0 Å². The van der Waals surface area contributed by atoms with Gasteiger partial charge in [-0.15, -0.1) is 5.11 Å². The first kappa shape index (κ1) is 26.7. The summed E-state index contributed by atoms with van der Waals surface area (Å²) in [4.78, 5) is 9.33. The molecule has 0 aliphatic rings. The number of benzene rings is 5.